The van der Waals surface area contributed by atoms with E-state index in [1.807, 2.05) is 12.1 Å². The fourth-order valence-electron chi connectivity index (χ4n) is 2.77. The second-order valence-corrected chi connectivity index (χ2v) is 5.12. The molecule has 0 amide bonds. The van der Waals surface area contributed by atoms with E-state index in [9.17, 15) is 0 Å². The number of nitrogens with zero attached hydrogens (tertiary/aromatic N) is 2. The highest BCUT2D eigenvalue weighted by Gasteiger charge is 2.34. The third-order valence-corrected chi connectivity index (χ3v) is 4.12. The van der Waals surface area contributed by atoms with Crippen molar-refractivity contribution in [1.29, 1.82) is 0 Å². The van der Waals surface area contributed by atoms with Crippen molar-refractivity contribution in [3.63, 3.8) is 0 Å². The van der Waals surface area contributed by atoms with Crippen LogP contribution < -0.4 is 5.73 Å². The molecule has 1 aromatic heterocycles. The lowest BCUT2D eigenvalue weighted by Crippen LogP contribution is -2.29. The summed E-state index contributed by atoms with van der Waals surface area (Å²) in [6.07, 6.45) is 2.79. The molecule has 0 aliphatic carbocycles. The van der Waals surface area contributed by atoms with Gasteiger partial charge in [-0.15, -0.1) is 0 Å². The average Bonchev–Trinajstić information content (AvgIpc) is 2.49. The first kappa shape index (κ1) is 14.5. The maximum atomic E-state index is 5.97. The Kier molecular flexibility index (Phi) is 4.38. The van der Waals surface area contributed by atoms with Gasteiger partial charge in [0.15, 0.2) is 0 Å². The summed E-state index contributed by atoms with van der Waals surface area (Å²) in [7, 11) is 0. The van der Waals surface area contributed by atoms with Crippen LogP contribution in [0.1, 0.15) is 50.7 Å². The van der Waals surface area contributed by atoms with E-state index >= 15 is 0 Å². The Morgan fingerprint density at radius 3 is 2.20 bits per heavy atom. The van der Waals surface area contributed by atoms with E-state index < -0.39 is 0 Å². The number of aryl methyl sites for hydroxylation is 1. The highest BCUT2D eigenvalue weighted by atomic mass is 15.0. The van der Waals surface area contributed by atoms with Crippen molar-refractivity contribution < 1.29 is 0 Å². The predicted molar refractivity (Wildman–Crippen MR) is 83.6 cm³/mol. The molecule has 3 nitrogen and oxygen atoms in total. The van der Waals surface area contributed by atoms with Gasteiger partial charge in [0.25, 0.3) is 0 Å². The van der Waals surface area contributed by atoms with E-state index in [1.54, 1.807) is 0 Å². The minimum absolute atomic E-state index is 0.152. The summed E-state index contributed by atoms with van der Waals surface area (Å²) in [5, 5.41) is 0. The highest BCUT2D eigenvalue weighted by Crippen LogP contribution is 2.37. The molecule has 0 saturated carbocycles. The van der Waals surface area contributed by atoms with Gasteiger partial charge in [-0.1, -0.05) is 51.1 Å². The second-order valence-electron chi connectivity index (χ2n) is 5.12. The third-order valence-electron chi connectivity index (χ3n) is 4.12. The molecule has 0 fully saturated rings. The number of aromatic nitrogens is 2. The predicted octanol–water partition coefficient (Wildman–Crippen LogP) is 3.73. The van der Waals surface area contributed by atoms with Crippen LogP contribution in [0, 0.1) is 0 Å². The molecule has 1 heterocycles. The topological polar surface area (TPSA) is 51.8 Å². The molecule has 106 valence electrons. The van der Waals surface area contributed by atoms with Gasteiger partial charge < -0.3 is 5.73 Å². The molecular formula is C17H23N3. The Morgan fingerprint density at radius 1 is 1.00 bits per heavy atom. The monoisotopic (exact) mass is 269 g/mol. The van der Waals surface area contributed by atoms with Crippen LogP contribution in [0.4, 0.5) is 5.82 Å². The highest BCUT2D eigenvalue weighted by molar-refractivity contribution is 5.37. The van der Waals surface area contributed by atoms with Crippen LogP contribution in [0.2, 0.25) is 0 Å². The van der Waals surface area contributed by atoms with Crippen molar-refractivity contribution in [1.82, 2.24) is 9.97 Å². The fourth-order valence-corrected chi connectivity index (χ4v) is 2.77. The largest absolute Gasteiger partial charge is 0.384 e. The maximum absolute atomic E-state index is 5.97. The van der Waals surface area contributed by atoms with Crippen LogP contribution in [0.3, 0.4) is 0 Å². The third kappa shape index (κ3) is 2.53. The minimum atomic E-state index is -0.152. The Balaban J connectivity index is 2.62. The molecule has 0 aliphatic heterocycles. The summed E-state index contributed by atoms with van der Waals surface area (Å²) < 4.78 is 0. The normalized spacial score (nSPS) is 11.6. The molecule has 0 radical (unpaired) electrons. The van der Waals surface area contributed by atoms with E-state index in [0.29, 0.717) is 5.82 Å². The van der Waals surface area contributed by atoms with E-state index in [0.717, 1.165) is 30.8 Å². The quantitative estimate of drug-likeness (QED) is 0.899. The van der Waals surface area contributed by atoms with Gasteiger partial charge in [-0.05, 0) is 24.8 Å². The number of nitrogen functional groups attached to an aromatic ring is 1. The van der Waals surface area contributed by atoms with Crippen LogP contribution >= 0.6 is 0 Å². The maximum Gasteiger partial charge on any atom is 0.141 e. The van der Waals surface area contributed by atoms with Gasteiger partial charge >= 0.3 is 0 Å². The van der Waals surface area contributed by atoms with E-state index in [-0.39, 0.29) is 5.41 Å². The number of benzene rings is 1. The van der Waals surface area contributed by atoms with Gasteiger partial charge in [-0.25, -0.2) is 9.97 Å². The van der Waals surface area contributed by atoms with Crippen LogP contribution in [-0.4, -0.2) is 9.97 Å². The lowest BCUT2D eigenvalue weighted by molar-refractivity contribution is 0.448. The van der Waals surface area contributed by atoms with Crippen LogP contribution in [-0.2, 0) is 11.8 Å². The van der Waals surface area contributed by atoms with Crippen LogP contribution in [0.25, 0.3) is 0 Å². The molecule has 0 saturated heterocycles. The summed E-state index contributed by atoms with van der Waals surface area (Å²) in [6, 6.07) is 12.4. The molecule has 0 bridgehead atoms. The van der Waals surface area contributed by atoms with Crippen molar-refractivity contribution in [2.45, 2.75) is 45.4 Å². The fraction of sp³-hybridized carbons (Fsp3) is 0.412. The zero-order valence-electron chi connectivity index (χ0n) is 12.6. The summed E-state index contributed by atoms with van der Waals surface area (Å²) >= 11 is 0. The Labute approximate surface area is 121 Å². The molecule has 20 heavy (non-hydrogen) atoms. The van der Waals surface area contributed by atoms with Gasteiger partial charge in [0.1, 0.15) is 11.6 Å². The molecule has 0 atom stereocenters. The Morgan fingerprint density at radius 2 is 1.65 bits per heavy atom. The standard InChI is InChI=1S/C17H23N3/c1-4-14-12-15(18)20-16(19-14)17(5-2,6-3)13-10-8-7-9-11-13/h7-12H,4-6H2,1-3H3,(H2,18,19,20). The number of hydrogen-bond acceptors (Lipinski definition) is 3. The summed E-state index contributed by atoms with van der Waals surface area (Å²) in [6.45, 7) is 6.47. The van der Waals surface area contributed by atoms with Crippen molar-refractivity contribution in [2.24, 2.45) is 0 Å². The summed E-state index contributed by atoms with van der Waals surface area (Å²) in [4.78, 5) is 9.29. The van der Waals surface area contributed by atoms with Crippen molar-refractivity contribution >= 4 is 5.82 Å². The first-order valence-electron chi connectivity index (χ1n) is 7.35. The summed E-state index contributed by atoms with van der Waals surface area (Å²) in [5.41, 5.74) is 8.09. The number of hydrogen-bond donors (Lipinski definition) is 1. The first-order valence-corrected chi connectivity index (χ1v) is 7.35. The van der Waals surface area contributed by atoms with Crippen molar-refractivity contribution in [2.75, 3.05) is 5.73 Å². The van der Waals surface area contributed by atoms with Crippen LogP contribution in [0.15, 0.2) is 36.4 Å². The number of anilines is 1. The number of nitrogens with two attached hydrogens (primary N) is 1. The SMILES string of the molecule is CCc1cc(N)nc(C(CC)(CC)c2ccccc2)n1. The Bertz CT molecular complexity index is 560. The van der Waals surface area contributed by atoms with E-state index in [1.165, 1.54) is 5.56 Å². The van der Waals surface area contributed by atoms with Crippen molar-refractivity contribution in [3.8, 4) is 0 Å². The zero-order chi connectivity index (χ0) is 14.6. The summed E-state index contributed by atoms with van der Waals surface area (Å²) in [5.74, 6) is 1.42. The second kappa shape index (κ2) is 6.04. The van der Waals surface area contributed by atoms with Gasteiger partial charge in [0.05, 0.1) is 5.41 Å². The molecule has 1 aromatic carbocycles. The molecule has 0 aliphatic rings. The molecule has 0 spiro atoms. The Hall–Kier alpha value is -1.90. The molecule has 2 aromatic rings. The smallest absolute Gasteiger partial charge is 0.141 e. The molecule has 3 heteroatoms. The van der Waals surface area contributed by atoms with Gasteiger partial charge in [0, 0.05) is 11.8 Å². The lowest BCUT2D eigenvalue weighted by Gasteiger charge is -2.31. The van der Waals surface area contributed by atoms with E-state index in [4.69, 9.17) is 10.7 Å². The van der Waals surface area contributed by atoms with E-state index in [2.05, 4.69) is 50.0 Å². The molecule has 2 N–H and O–H groups in total. The van der Waals surface area contributed by atoms with Gasteiger partial charge in [0.2, 0.25) is 0 Å². The molecular weight excluding hydrogens is 246 g/mol. The van der Waals surface area contributed by atoms with Crippen LogP contribution in [0.5, 0.6) is 0 Å². The number of rotatable bonds is 5. The van der Waals surface area contributed by atoms with Gasteiger partial charge in [-0.2, -0.15) is 0 Å². The van der Waals surface area contributed by atoms with Gasteiger partial charge in [-0.3, -0.25) is 0 Å². The minimum Gasteiger partial charge on any atom is -0.384 e. The lowest BCUT2D eigenvalue weighted by atomic mass is 9.75. The average molecular weight is 269 g/mol. The first-order chi connectivity index (χ1) is 9.66. The zero-order valence-corrected chi connectivity index (χ0v) is 12.6. The molecule has 2 rings (SSSR count). The van der Waals surface area contributed by atoms with Crippen molar-refractivity contribution in [3.05, 3.63) is 53.5 Å². The molecule has 0 unspecified atom stereocenters.